The molecule has 1 aliphatic carbocycles. The molecule has 0 aromatic rings. The molecule has 1 saturated carbocycles. The highest BCUT2D eigenvalue weighted by Crippen LogP contribution is 2.29. The van der Waals surface area contributed by atoms with Crippen molar-refractivity contribution in [3.05, 3.63) is 0 Å². The fraction of sp³-hybridized carbons (Fsp3) is 0.750. The number of amides is 1. The van der Waals surface area contributed by atoms with Gasteiger partial charge in [-0.3, -0.25) is 4.79 Å². The Labute approximate surface area is 66.4 Å². The predicted octanol–water partition coefficient (Wildman–Crippen LogP) is 0.815. The first-order valence-electron chi connectivity index (χ1n) is 3.78. The van der Waals surface area contributed by atoms with Gasteiger partial charge in [0.1, 0.15) is 5.54 Å². The van der Waals surface area contributed by atoms with Crippen molar-refractivity contribution in [3.63, 3.8) is 0 Å². The molecule has 0 atom stereocenters. The molecule has 1 N–H and O–H groups in total. The maximum absolute atomic E-state index is 11.1. The lowest BCUT2D eigenvalue weighted by Gasteiger charge is -2.16. The van der Waals surface area contributed by atoms with Crippen LogP contribution in [0.5, 0.6) is 0 Å². The van der Waals surface area contributed by atoms with E-state index < -0.39 is 5.54 Å². The fourth-order valence-corrected chi connectivity index (χ4v) is 0.784. The third-order valence-electron chi connectivity index (χ3n) is 1.66. The average molecular weight is 152 g/mol. The van der Waals surface area contributed by atoms with E-state index in [1.165, 1.54) is 0 Å². The van der Waals surface area contributed by atoms with Gasteiger partial charge >= 0.3 is 0 Å². The van der Waals surface area contributed by atoms with Gasteiger partial charge in [-0.15, -0.1) is 0 Å². The number of carbonyl (C=O) groups is 1. The Morgan fingerprint density at radius 2 is 2.18 bits per heavy atom. The molecule has 3 nitrogen and oxygen atoms in total. The molecule has 1 fully saturated rings. The van der Waals surface area contributed by atoms with E-state index in [9.17, 15) is 4.79 Å². The number of carbonyl (C=O) groups excluding carboxylic acids is 1. The summed E-state index contributed by atoms with van der Waals surface area (Å²) in [5, 5.41) is 11.2. The van der Waals surface area contributed by atoms with E-state index in [0.717, 1.165) is 12.8 Å². The Hall–Kier alpha value is -1.04. The summed E-state index contributed by atoms with van der Waals surface area (Å²) < 4.78 is 0. The number of nitriles is 1. The molecule has 3 heteroatoms. The number of nitrogens with one attached hydrogen (secondary N) is 1. The van der Waals surface area contributed by atoms with Gasteiger partial charge in [-0.25, -0.2) is 0 Å². The smallest absolute Gasteiger partial charge is 0.224 e. The van der Waals surface area contributed by atoms with Gasteiger partial charge in [0.2, 0.25) is 5.91 Å². The van der Waals surface area contributed by atoms with Crippen LogP contribution in [0.2, 0.25) is 0 Å². The molecule has 1 aliphatic rings. The van der Waals surface area contributed by atoms with E-state index in [-0.39, 0.29) is 11.8 Å². The first kappa shape index (κ1) is 8.06. The van der Waals surface area contributed by atoms with Crippen molar-refractivity contribution in [1.82, 2.24) is 5.32 Å². The van der Waals surface area contributed by atoms with Gasteiger partial charge in [-0.2, -0.15) is 5.26 Å². The molecule has 60 valence electrons. The second kappa shape index (κ2) is 2.54. The molecule has 1 rings (SSSR count). The second-order valence-electron chi connectivity index (χ2n) is 3.50. The minimum Gasteiger partial charge on any atom is -0.338 e. The molecular formula is C8H12N2O. The molecule has 0 aliphatic heterocycles. The molecule has 0 spiro atoms. The van der Waals surface area contributed by atoms with Crippen molar-refractivity contribution < 1.29 is 4.79 Å². The Balaban J connectivity index is 2.41. The largest absolute Gasteiger partial charge is 0.338 e. The molecule has 11 heavy (non-hydrogen) atoms. The zero-order valence-corrected chi connectivity index (χ0v) is 6.85. The van der Waals surface area contributed by atoms with Gasteiger partial charge < -0.3 is 5.32 Å². The van der Waals surface area contributed by atoms with E-state index >= 15 is 0 Å². The highest BCUT2D eigenvalue weighted by atomic mass is 16.2. The van der Waals surface area contributed by atoms with Crippen LogP contribution in [0.25, 0.3) is 0 Å². The summed E-state index contributed by atoms with van der Waals surface area (Å²) in [4.78, 5) is 11.1. The van der Waals surface area contributed by atoms with Crippen LogP contribution in [-0.2, 0) is 4.79 Å². The molecule has 0 radical (unpaired) electrons. The van der Waals surface area contributed by atoms with Gasteiger partial charge in [0.05, 0.1) is 6.07 Å². The molecule has 0 aromatic carbocycles. The zero-order valence-electron chi connectivity index (χ0n) is 6.85. The van der Waals surface area contributed by atoms with Crippen LogP contribution in [0.3, 0.4) is 0 Å². The van der Waals surface area contributed by atoms with Crippen LogP contribution in [0.1, 0.15) is 26.7 Å². The van der Waals surface area contributed by atoms with Crippen molar-refractivity contribution in [3.8, 4) is 6.07 Å². The van der Waals surface area contributed by atoms with Gasteiger partial charge in [0.25, 0.3) is 0 Å². The van der Waals surface area contributed by atoms with Gasteiger partial charge in [0, 0.05) is 5.92 Å². The van der Waals surface area contributed by atoms with E-state index in [4.69, 9.17) is 5.26 Å². The molecule has 0 unspecified atom stereocenters. The van der Waals surface area contributed by atoms with Crippen LogP contribution in [0.15, 0.2) is 0 Å². The molecule has 0 saturated heterocycles. The highest BCUT2D eigenvalue weighted by molar-refractivity contribution is 5.81. The minimum absolute atomic E-state index is 0.0246. The van der Waals surface area contributed by atoms with Crippen LogP contribution in [0.4, 0.5) is 0 Å². The van der Waals surface area contributed by atoms with Gasteiger partial charge in [-0.1, -0.05) is 0 Å². The lowest BCUT2D eigenvalue weighted by Crippen LogP contribution is -2.42. The van der Waals surface area contributed by atoms with Crippen LogP contribution >= 0.6 is 0 Å². The summed E-state index contributed by atoms with van der Waals surface area (Å²) in [6, 6.07) is 2.02. The topological polar surface area (TPSA) is 52.9 Å². The summed E-state index contributed by atoms with van der Waals surface area (Å²) in [6.07, 6.45) is 1.96. The average Bonchev–Trinajstić information content (AvgIpc) is 2.67. The molecular weight excluding hydrogens is 140 g/mol. The Morgan fingerprint density at radius 1 is 1.64 bits per heavy atom. The fourth-order valence-electron chi connectivity index (χ4n) is 0.784. The first-order chi connectivity index (χ1) is 5.05. The van der Waals surface area contributed by atoms with Crippen LogP contribution in [0, 0.1) is 17.2 Å². The monoisotopic (exact) mass is 152 g/mol. The van der Waals surface area contributed by atoms with E-state index in [2.05, 4.69) is 5.32 Å². The maximum atomic E-state index is 11.1. The highest BCUT2D eigenvalue weighted by Gasteiger charge is 2.32. The summed E-state index contributed by atoms with van der Waals surface area (Å²) in [5.41, 5.74) is -0.709. The lowest BCUT2D eigenvalue weighted by molar-refractivity contribution is -0.123. The van der Waals surface area contributed by atoms with Crippen LogP contribution < -0.4 is 5.32 Å². The molecule has 0 bridgehead atoms. The van der Waals surface area contributed by atoms with Crippen LogP contribution in [-0.4, -0.2) is 11.4 Å². The third kappa shape index (κ3) is 2.23. The summed E-state index contributed by atoms with van der Waals surface area (Å²) in [5.74, 6) is 0.208. The minimum atomic E-state index is -0.709. The summed E-state index contributed by atoms with van der Waals surface area (Å²) in [7, 11) is 0. The van der Waals surface area contributed by atoms with Crippen molar-refractivity contribution in [2.75, 3.05) is 0 Å². The van der Waals surface area contributed by atoms with E-state index in [1.54, 1.807) is 13.8 Å². The predicted molar refractivity (Wildman–Crippen MR) is 40.6 cm³/mol. The van der Waals surface area contributed by atoms with Crippen molar-refractivity contribution in [2.24, 2.45) is 5.92 Å². The van der Waals surface area contributed by atoms with E-state index in [1.807, 2.05) is 6.07 Å². The third-order valence-corrected chi connectivity index (χ3v) is 1.66. The zero-order chi connectivity index (χ0) is 8.48. The number of rotatable bonds is 2. The summed E-state index contributed by atoms with van der Waals surface area (Å²) in [6.45, 7) is 3.40. The normalized spacial score (nSPS) is 17.2. The SMILES string of the molecule is CC(C)(C#N)NC(=O)C1CC1. The van der Waals surface area contributed by atoms with Crippen molar-refractivity contribution in [2.45, 2.75) is 32.2 Å². The Morgan fingerprint density at radius 3 is 2.55 bits per heavy atom. The Kier molecular flexibility index (Phi) is 1.86. The van der Waals surface area contributed by atoms with Gasteiger partial charge in [0.15, 0.2) is 0 Å². The van der Waals surface area contributed by atoms with Crippen molar-refractivity contribution >= 4 is 5.91 Å². The van der Waals surface area contributed by atoms with Crippen molar-refractivity contribution in [1.29, 1.82) is 5.26 Å². The molecule has 0 aromatic heterocycles. The number of hydrogen-bond acceptors (Lipinski definition) is 2. The molecule has 1 amide bonds. The van der Waals surface area contributed by atoms with Gasteiger partial charge in [-0.05, 0) is 26.7 Å². The maximum Gasteiger partial charge on any atom is 0.224 e. The Bertz CT molecular complexity index is 211. The standard InChI is InChI=1S/C8H12N2O/c1-8(2,5-9)10-7(11)6-3-4-6/h6H,3-4H2,1-2H3,(H,10,11). The second-order valence-corrected chi connectivity index (χ2v) is 3.50. The quantitative estimate of drug-likeness (QED) is 0.636. The lowest BCUT2D eigenvalue weighted by atomic mass is 10.1. The number of nitrogens with zero attached hydrogens (tertiary/aromatic N) is 1. The molecule has 0 heterocycles. The summed E-state index contributed by atoms with van der Waals surface area (Å²) >= 11 is 0. The number of hydrogen-bond donors (Lipinski definition) is 1. The van der Waals surface area contributed by atoms with E-state index in [0.29, 0.717) is 0 Å². The first-order valence-corrected chi connectivity index (χ1v) is 3.78.